The summed E-state index contributed by atoms with van der Waals surface area (Å²) in [6.07, 6.45) is 2.01. The van der Waals surface area contributed by atoms with Crippen molar-refractivity contribution in [3.8, 4) is 11.5 Å². The summed E-state index contributed by atoms with van der Waals surface area (Å²) in [4.78, 5) is 3.30. The van der Waals surface area contributed by atoms with E-state index in [-0.39, 0.29) is 5.82 Å². The van der Waals surface area contributed by atoms with Crippen LogP contribution in [-0.2, 0) is 19.4 Å². The van der Waals surface area contributed by atoms with E-state index < -0.39 is 0 Å². The van der Waals surface area contributed by atoms with Crippen LogP contribution in [0.3, 0.4) is 0 Å². The standard InChI is InChI=1S/C25H24FNO2S.C2H6/c1-16-5-3-6-17-11-23-21-14-25(29-30-20-8-4-7-19(26)13-20)24(28-2)12-18(21)9-10-27(23)15-22(16)17;1-2/h3-8,12-14,23H,9-11,15H2,1-2H3;1-2H3. The summed E-state index contributed by atoms with van der Waals surface area (Å²) in [5, 5.41) is 0. The fourth-order valence-electron chi connectivity index (χ4n) is 4.62. The Morgan fingerprint density at radius 3 is 2.59 bits per heavy atom. The maximum atomic E-state index is 13.5. The largest absolute Gasteiger partial charge is 0.493 e. The van der Waals surface area contributed by atoms with Crippen LogP contribution in [0.1, 0.15) is 47.7 Å². The van der Waals surface area contributed by atoms with E-state index >= 15 is 0 Å². The number of halogens is 1. The first-order chi connectivity index (χ1) is 15.6. The van der Waals surface area contributed by atoms with Gasteiger partial charge in [-0.25, -0.2) is 4.39 Å². The van der Waals surface area contributed by atoms with E-state index in [1.807, 2.05) is 19.9 Å². The van der Waals surface area contributed by atoms with Gasteiger partial charge in [-0.05, 0) is 77.9 Å². The van der Waals surface area contributed by atoms with Crippen molar-refractivity contribution in [2.24, 2.45) is 0 Å². The highest BCUT2D eigenvalue weighted by Crippen LogP contribution is 2.44. The molecule has 1 unspecified atom stereocenters. The molecule has 2 aliphatic rings. The summed E-state index contributed by atoms with van der Waals surface area (Å²) >= 11 is 1.15. The van der Waals surface area contributed by atoms with Crippen molar-refractivity contribution in [1.29, 1.82) is 0 Å². The molecule has 0 aromatic heterocycles. The monoisotopic (exact) mass is 451 g/mol. The van der Waals surface area contributed by atoms with E-state index in [4.69, 9.17) is 8.92 Å². The minimum Gasteiger partial charge on any atom is -0.493 e. The Morgan fingerprint density at radius 2 is 1.81 bits per heavy atom. The fourth-order valence-corrected chi connectivity index (χ4v) is 5.23. The zero-order valence-electron chi connectivity index (χ0n) is 19.2. The summed E-state index contributed by atoms with van der Waals surface area (Å²) in [6.45, 7) is 8.25. The number of hydrogen-bond donors (Lipinski definition) is 0. The predicted octanol–water partition coefficient (Wildman–Crippen LogP) is 6.91. The second-order valence-corrected chi connectivity index (χ2v) is 8.78. The van der Waals surface area contributed by atoms with E-state index in [1.165, 1.54) is 39.9 Å². The highest BCUT2D eigenvalue weighted by Gasteiger charge is 2.33. The first kappa shape index (κ1) is 22.7. The van der Waals surface area contributed by atoms with Gasteiger partial charge in [0, 0.05) is 19.1 Å². The van der Waals surface area contributed by atoms with Gasteiger partial charge in [-0.3, -0.25) is 4.90 Å². The highest BCUT2D eigenvalue weighted by atomic mass is 32.2. The second kappa shape index (κ2) is 9.97. The molecule has 0 saturated heterocycles. The maximum absolute atomic E-state index is 13.5. The third-order valence-corrected chi connectivity index (χ3v) is 6.91. The average Bonchev–Trinajstić information content (AvgIpc) is 2.82. The van der Waals surface area contributed by atoms with Crippen molar-refractivity contribution in [1.82, 2.24) is 4.90 Å². The minimum atomic E-state index is -0.271. The molecule has 5 heteroatoms. The molecule has 0 N–H and O–H groups in total. The van der Waals surface area contributed by atoms with Crippen molar-refractivity contribution in [3.63, 3.8) is 0 Å². The van der Waals surface area contributed by atoms with Crippen LogP contribution in [0.4, 0.5) is 4.39 Å². The molecule has 0 aliphatic carbocycles. The zero-order chi connectivity index (χ0) is 22.7. The Hall–Kier alpha value is -2.50. The third-order valence-electron chi connectivity index (χ3n) is 6.20. The molecule has 0 spiro atoms. The van der Waals surface area contributed by atoms with Crippen LogP contribution in [0.15, 0.2) is 59.5 Å². The van der Waals surface area contributed by atoms with Crippen molar-refractivity contribution in [2.75, 3.05) is 13.7 Å². The van der Waals surface area contributed by atoms with Crippen LogP contribution in [0.25, 0.3) is 0 Å². The molecule has 3 nitrogen and oxygen atoms in total. The molecule has 3 aromatic carbocycles. The van der Waals surface area contributed by atoms with Gasteiger partial charge in [0.05, 0.1) is 24.0 Å². The van der Waals surface area contributed by atoms with Crippen molar-refractivity contribution in [2.45, 2.75) is 51.1 Å². The molecule has 0 saturated carbocycles. The minimum absolute atomic E-state index is 0.271. The molecule has 1 atom stereocenters. The third kappa shape index (κ3) is 4.50. The number of hydrogen-bond acceptors (Lipinski definition) is 4. The van der Waals surface area contributed by atoms with Gasteiger partial charge in [0.15, 0.2) is 11.5 Å². The van der Waals surface area contributed by atoms with Gasteiger partial charge >= 0.3 is 0 Å². The zero-order valence-corrected chi connectivity index (χ0v) is 20.0. The number of aryl methyl sites for hydroxylation is 1. The molecule has 32 heavy (non-hydrogen) atoms. The van der Waals surface area contributed by atoms with Gasteiger partial charge in [0.1, 0.15) is 5.82 Å². The van der Waals surface area contributed by atoms with Crippen LogP contribution >= 0.6 is 12.0 Å². The maximum Gasteiger partial charge on any atom is 0.180 e. The Balaban J connectivity index is 0.00000119. The van der Waals surface area contributed by atoms with E-state index in [0.717, 1.165) is 48.6 Å². The lowest BCUT2D eigenvalue weighted by atomic mass is 9.83. The Morgan fingerprint density at radius 1 is 1.00 bits per heavy atom. The van der Waals surface area contributed by atoms with Gasteiger partial charge in [0.25, 0.3) is 0 Å². The van der Waals surface area contributed by atoms with Gasteiger partial charge < -0.3 is 8.92 Å². The number of fused-ring (bicyclic) bond motifs is 4. The molecule has 3 aromatic rings. The first-order valence-electron chi connectivity index (χ1n) is 11.2. The van der Waals surface area contributed by atoms with Crippen molar-refractivity contribution in [3.05, 3.63) is 88.2 Å². The SMILES string of the molecule is CC.COc1cc2c(cc1OSc1cccc(F)c1)C1Cc3cccc(C)c3CN1CC2. The van der Waals surface area contributed by atoms with Crippen LogP contribution in [0.5, 0.6) is 11.5 Å². The van der Waals surface area contributed by atoms with Crippen molar-refractivity contribution >= 4 is 12.0 Å². The molecule has 2 aliphatic heterocycles. The number of ether oxygens (including phenoxy) is 1. The van der Waals surface area contributed by atoms with E-state index in [0.29, 0.717) is 11.8 Å². The Labute approximate surface area is 194 Å². The summed E-state index contributed by atoms with van der Waals surface area (Å²) in [6, 6.07) is 17.6. The number of nitrogens with zero attached hydrogens (tertiary/aromatic N) is 1. The van der Waals surface area contributed by atoms with Crippen LogP contribution < -0.4 is 8.92 Å². The first-order valence-corrected chi connectivity index (χ1v) is 12.0. The molecule has 168 valence electrons. The molecule has 0 radical (unpaired) electrons. The Bertz CT molecular complexity index is 1100. The van der Waals surface area contributed by atoms with Crippen molar-refractivity contribution < 1.29 is 13.3 Å². The fraction of sp³-hybridized carbons (Fsp3) is 0.333. The summed E-state index contributed by atoms with van der Waals surface area (Å²) in [5.41, 5.74) is 6.93. The molecule has 0 amide bonds. The normalized spacial score (nSPS) is 16.7. The van der Waals surface area contributed by atoms with E-state index in [2.05, 4.69) is 42.2 Å². The molecule has 0 bridgehead atoms. The lowest BCUT2D eigenvalue weighted by Gasteiger charge is -2.42. The molecule has 2 heterocycles. The summed E-state index contributed by atoms with van der Waals surface area (Å²) < 4.78 is 25.1. The quantitative estimate of drug-likeness (QED) is 0.402. The van der Waals surface area contributed by atoms with Gasteiger partial charge in [-0.2, -0.15) is 0 Å². The predicted molar refractivity (Wildman–Crippen MR) is 129 cm³/mol. The summed E-state index contributed by atoms with van der Waals surface area (Å²) in [7, 11) is 1.66. The lowest BCUT2D eigenvalue weighted by molar-refractivity contribution is 0.160. The van der Waals surface area contributed by atoms with Gasteiger partial charge in [0.2, 0.25) is 0 Å². The van der Waals surface area contributed by atoms with E-state index in [1.54, 1.807) is 13.2 Å². The highest BCUT2D eigenvalue weighted by molar-refractivity contribution is 7.95. The topological polar surface area (TPSA) is 21.7 Å². The van der Waals surface area contributed by atoms with Crippen LogP contribution in [0.2, 0.25) is 0 Å². The summed E-state index contributed by atoms with van der Waals surface area (Å²) in [5.74, 6) is 1.13. The van der Waals surface area contributed by atoms with Crippen LogP contribution in [-0.4, -0.2) is 18.6 Å². The smallest absolute Gasteiger partial charge is 0.180 e. The number of methoxy groups -OCH3 is 1. The van der Waals surface area contributed by atoms with Crippen LogP contribution in [0, 0.1) is 12.7 Å². The average molecular weight is 452 g/mol. The molecular formula is C27H30FNO2S. The molecule has 0 fully saturated rings. The van der Waals surface area contributed by atoms with Gasteiger partial charge in [-0.15, -0.1) is 0 Å². The number of benzene rings is 3. The molecule has 5 rings (SSSR count). The number of rotatable bonds is 4. The van der Waals surface area contributed by atoms with Gasteiger partial charge in [-0.1, -0.05) is 38.1 Å². The Kier molecular flexibility index (Phi) is 7.07. The molecular weight excluding hydrogens is 421 g/mol. The second-order valence-electron chi connectivity index (χ2n) is 7.98. The van der Waals surface area contributed by atoms with E-state index in [9.17, 15) is 4.39 Å². The lowest BCUT2D eigenvalue weighted by Crippen LogP contribution is -2.39.